The molecule has 0 aromatic carbocycles. The van der Waals surface area contributed by atoms with Gasteiger partial charge in [-0.1, -0.05) is 0 Å². The number of rotatable bonds is 3. The minimum atomic E-state index is -3.10. The second kappa shape index (κ2) is 3.12. The van der Waals surface area contributed by atoms with Gasteiger partial charge in [-0.15, -0.1) is 0 Å². The number of hydrogen-bond acceptors (Lipinski definition) is 3. The number of aliphatic carboxylic acids is 1. The average Bonchev–Trinajstić information content (AvgIpc) is 2.32. The smallest absolute Gasteiger partial charge is 0.312 e. The van der Waals surface area contributed by atoms with Crippen LogP contribution in [0.5, 0.6) is 0 Å². The van der Waals surface area contributed by atoms with Crippen LogP contribution in [0.4, 0.5) is 8.78 Å². The summed E-state index contributed by atoms with van der Waals surface area (Å²) in [6.07, 6.45) is 0.272. The molecule has 0 aliphatic rings. The molecule has 0 unspecified atom stereocenters. The van der Waals surface area contributed by atoms with Crippen molar-refractivity contribution in [3.63, 3.8) is 0 Å². The molecule has 0 radical (unpaired) electrons. The van der Waals surface area contributed by atoms with Crippen LogP contribution < -0.4 is 0 Å². The standard InChI is InChI=1S/C7H7F2NO3/c1-7(8,9)4-3-13-5(10-4)2-6(11)12/h3H,2H2,1H3,(H,11,12). The molecular weight excluding hydrogens is 184 g/mol. The average molecular weight is 191 g/mol. The molecule has 0 saturated heterocycles. The van der Waals surface area contributed by atoms with Gasteiger partial charge in [-0.2, -0.15) is 8.78 Å². The van der Waals surface area contributed by atoms with E-state index in [9.17, 15) is 13.6 Å². The van der Waals surface area contributed by atoms with Crippen molar-refractivity contribution in [1.29, 1.82) is 0 Å². The van der Waals surface area contributed by atoms with E-state index < -0.39 is 24.0 Å². The maximum Gasteiger partial charge on any atom is 0.312 e. The summed E-state index contributed by atoms with van der Waals surface area (Å²) in [7, 11) is 0. The van der Waals surface area contributed by atoms with E-state index in [0.717, 1.165) is 6.26 Å². The van der Waals surface area contributed by atoms with Crippen molar-refractivity contribution in [2.75, 3.05) is 0 Å². The highest BCUT2D eigenvalue weighted by Crippen LogP contribution is 2.25. The summed E-state index contributed by atoms with van der Waals surface area (Å²) in [5.41, 5.74) is -0.552. The quantitative estimate of drug-likeness (QED) is 0.784. The van der Waals surface area contributed by atoms with Crippen LogP contribution in [0.25, 0.3) is 0 Å². The number of nitrogens with zero attached hydrogens (tertiary/aromatic N) is 1. The summed E-state index contributed by atoms with van der Waals surface area (Å²) < 4.78 is 29.6. The molecule has 1 aromatic rings. The lowest BCUT2D eigenvalue weighted by molar-refractivity contribution is -0.136. The molecule has 0 aliphatic heterocycles. The molecule has 72 valence electrons. The molecule has 0 atom stereocenters. The van der Waals surface area contributed by atoms with E-state index in [1.165, 1.54) is 0 Å². The minimum Gasteiger partial charge on any atom is -0.481 e. The largest absolute Gasteiger partial charge is 0.481 e. The third-order valence-corrected chi connectivity index (χ3v) is 1.30. The van der Waals surface area contributed by atoms with Crippen LogP contribution in [0, 0.1) is 0 Å². The molecule has 1 rings (SSSR count). The highest BCUT2D eigenvalue weighted by molar-refractivity contribution is 5.68. The van der Waals surface area contributed by atoms with Crippen LogP contribution >= 0.6 is 0 Å². The summed E-state index contributed by atoms with van der Waals surface area (Å²) in [5.74, 6) is -4.49. The van der Waals surface area contributed by atoms with Crippen LogP contribution in [0.15, 0.2) is 10.7 Å². The van der Waals surface area contributed by atoms with Crippen molar-refractivity contribution in [3.8, 4) is 0 Å². The van der Waals surface area contributed by atoms with Crippen LogP contribution in [0.1, 0.15) is 18.5 Å². The van der Waals surface area contributed by atoms with Gasteiger partial charge >= 0.3 is 5.97 Å². The molecule has 6 heteroatoms. The van der Waals surface area contributed by atoms with Crippen molar-refractivity contribution < 1.29 is 23.1 Å². The van der Waals surface area contributed by atoms with Crippen LogP contribution in [0.2, 0.25) is 0 Å². The lowest BCUT2D eigenvalue weighted by Crippen LogP contribution is -2.08. The molecule has 0 bridgehead atoms. The molecule has 0 spiro atoms. The van der Waals surface area contributed by atoms with E-state index in [1.54, 1.807) is 0 Å². The molecular formula is C7H7F2NO3. The monoisotopic (exact) mass is 191 g/mol. The number of carboxylic acid groups (broad SMARTS) is 1. The fourth-order valence-corrected chi connectivity index (χ4v) is 0.723. The zero-order valence-corrected chi connectivity index (χ0v) is 6.75. The predicted octanol–water partition coefficient (Wildman–Crippen LogP) is 1.41. The van der Waals surface area contributed by atoms with Gasteiger partial charge in [0.1, 0.15) is 18.4 Å². The summed E-state index contributed by atoms with van der Waals surface area (Å²) >= 11 is 0. The Balaban J connectivity index is 2.81. The Kier molecular flexibility index (Phi) is 2.31. The van der Waals surface area contributed by atoms with E-state index in [2.05, 4.69) is 9.40 Å². The number of halogens is 2. The predicted molar refractivity (Wildman–Crippen MR) is 37.4 cm³/mol. The first-order valence-corrected chi connectivity index (χ1v) is 3.44. The van der Waals surface area contributed by atoms with Gasteiger partial charge in [0.15, 0.2) is 0 Å². The van der Waals surface area contributed by atoms with Gasteiger partial charge < -0.3 is 9.52 Å². The third kappa shape index (κ3) is 2.50. The summed E-state index contributed by atoms with van der Waals surface area (Å²) in [5, 5.41) is 8.29. The fourth-order valence-electron chi connectivity index (χ4n) is 0.723. The van der Waals surface area contributed by atoms with Crippen molar-refractivity contribution in [3.05, 3.63) is 17.8 Å². The van der Waals surface area contributed by atoms with Crippen molar-refractivity contribution in [2.24, 2.45) is 0 Å². The number of carboxylic acids is 1. The van der Waals surface area contributed by atoms with Gasteiger partial charge in [0.05, 0.1) is 0 Å². The first kappa shape index (κ1) is 9.63. The zero-order chi connectivity index (χ0) is 10.1. The number of hydrogen-bond donors (Lipinski definition) is 1. The van der Waals surface area contributed by atoms with E-state index in [0.29, 0.717) is 6.92 Å². The lowest BCUT2D eigenvalue weighted by Gasteiger charge is -2.02. The highest BCUT2D eigenvalue weighted by Gasteiger charge is 2.28. The number of carbonyl (C=O) groups is 1. The Morgan fingerprint density at radius 3 is 2.77 bits per heavy atom. The van der Waals surface area contributed by atoms with E-state index in [-0.39, 0.29) is 5.89 Å². The Labute approximate surface area is 72.2 Å². The Morgan fingerprint density at radius 1 is 1.77 bits per heavy atom. The van der Waals surface area contributed by atoms with Gasteiger partial charge in [-0.25, -0.2) is 4.98 Å². The third-order valence-electron chi connectivity index (χ3n) is 1.30. The molecule has 0 fully saturated rings. The number of alkyl halides is 2. The van der Waals surface area contributed by atoms with Gasteiger partial charge in [-0.05, 0) is 0 Å². The normalized spacial score (nSPS) is 11.6. The first-order valence-electron chi connectivity index (χ1n) is 3.44. The Hall–Kier alpha value is -1.46. The molecule has 1 N–H and O–H groups in total. The topological polar surface area (TPSA) is 63.3 Å². The van der Waals surface area contributed by atoms with Gasteiger partial charge in [-0.3, -0.25) is 4.79 Å². The molecule has 0 aliphatic carbocycles. The summed E-state index contributed by atoms with van der Waals surface area (Å²) in [4.78, 5) is 13.5. The Bertz CT molecular complexity index is 316. The molecule has 0 saturated carbocycles. The van der Waals surface area contributed by atoms with Crippen molar-refractivity contribution >= 4 is 5.97 Å². The lowest BCUT2D eigenvalue weighted by atomic mass is 10.3. The highest BCUT2D eigenvalue weighted by atomic mass is 19.3. The minimum absolute atomic E-state index is 0.218. The van der Waals surface area contributed by atoms with E-state index >= 15 is 0 Å². The molecule has 0 amide bonds. The van der Waals surface area contributed by atoms with Crippen molar-refractivity contribution in [2.45, 2.75) is 19.3 Å². The van der Waals surface area contributed by atoms with Gasteiger partial charge in [0.2, 0.25) is 5.89 Å². The van der Waals surface area contributed by atoms with E-state index in [4.69, 9.17) is 5.11 Å². The molecule has 1 aromatic heterocycles. The Morgan fingerprint density at radius 2 is 2.38 bits per heavy atom. The molecule has 13 heavy (non-hydrogen) atoms. The summed E-state index contributed by atoms with van der Waals surface area (Å²) in [6.45, 7) is 0.662. The molecule has 1 heterocycles. The maximum atomic E-state index is 12.5. The van der Waals surface area contributed by atoms with Crippen LogP contribution in [-0.4, -0.2) is 16.1 Å². The second-order valence-corrected chi connectivity index (χ2v) is 2.59. The second-order valence-electron chi connectivity index (χ2n) is 2.59. The van der Waals surface area contributed by atoms with Gasteiger partial charge in [0.25, 0.3) is 5.92 Å². The van der Waals surface area contributed by atoms with Crippen molar-refractivity contribution in [1.82, 2.24) is 4.98 Å². The van der Waals surface area contributed by atoms with E-state index in [1.807, 2.05) is 0 Å². The van der Waals surface area contributed by atoms with Crippen LogP contribution in [0.3, 0.4) is 0 Å². The number of aromatic nitrogens is 1. The van der Waals surface area contributed by atoms with Gasteiger partial charge in [0, 0.05) is 6.92 Å². The molecule has 4 nitrogen and oxygen atoms in total. The zero-order valence-electron chi connectivity index (χ0n) is 6.75. The number of oxazole rings is 1. The fraction of sp³-hybridized carbons (Fsp3) is 0.429. The maximum absolute atomic E-state index is 12.5. The SMILES string of the molecule is CC(F)(F)c1coc(CC(=O)O)n1. The van der Waals surface area contributed by atoms with Crippen LogP contribution in [-0.2, 0) is 17.1 Å². The first-order chi connectivity index (χ1) is 5.89. The summed E-state index contributed by atoms with van der Waals surface area (Å²) in [6, 6.07) is 0.